The Bertz CT molecular complexity index is 3410. The van der Waals surface area contributed by atoms with Gasteiger partial charge in [-0.25, -0.2) is 44.9 Å². The van der Waals surface area contributed by atoms with E-state index in [1.807, 2.05) is 128 Å². The average Bonchev–Trinajstić information content (AvgIpc) is 3.35. The van der Waals surface area contributed by atoms with Crippen LogP contribution in [0.15, 0.2) is 159 Å². The van der Waals surface area contributed by atoms with Crippen LogP contribution in [0.4, 0.5) is 0 Å². The Hall–Kier alpha value is -8.33. The zero-order chi connectivity index (χ0) is 62.3. The summed E-state index contributed by atoms with van der Waals surface area (Å²) in [5.74, 6) is 5.05. The predicted octanol–water partition coefficient (Wildman–Crippen LogP) is 18.5. The third-order valence-corrected chi connectivity index (χ3v) is 14.6. The SMILES string of the molecule is Cc1cccc(C)c1C.Cc1ccco1.Cc1cccs1.Cc1ccoc1.Cc1ccsc1.Cc1nc(C)c(C)c(C)n1.Cc1nc(C)nc(C)n1.Cc1ncc(C)c(C)n1.Cc1ncnc(C)c1C.Cn1c2ccccc2c2ccccc21. The van der Waals surface area contributed by atoms with Gasteiger partial charge in [-0.3, -0.25) is 0 Å². The largest absolute Gasteiger partial charge is 0.472 e. The van der Waals surface area contributed by atoms with Gasteiger partial charge in [-0.15, -0.1) is 11.3 Å². The van der Waals surface area contributed by atoms with Crippen LogP contribution in [0.1, 0.15) is 113 Å². The van der Waals surface area contributed by atoms with Crippen molar-refractivity contribution in [3.63, 3.8) is 0 Å². The number of thiophene rings is 2. The molecule has 84 heavy (non-hydrogen) atoms. The zero-order valence-corrected chi connectivity index (χ0v) is 55.2. The van der Waals surface area contributed by atoms with E-state index >= 15 is 0 Å². The highest BCUT2D eigenvalue weighted by Crippen LogP contribution is 2.27. The highest BCUT2D eigenvalue weighted by Gasteiger charge is 2.05. The van der Waals surface area contributed by atoms with Crippen LogP contribution in [0.25, 0.3) is 21.8 Å². The van der Waals surface area contributed by atoms with Crippen LogP contribution in [-0.2, 0) is 7.05 Å². The van der Waals surface area contributed by atoms with E-state index in [9.17, 15) is 0 Å². The van der Waals surface area contributed by atoms with Gasteiger partial charge in [0.25, 0.3) is 0 Å². The Morgan fingerprint density at radius 1 is 0.393 bits per heavy atom. The van der Waals surface area contributed by atoms with Crippen molar-refractivity contribution in [2.45, 2.75) is 138 Å². The molecule has 0 aliphatic rings. The summed E-state index contributed by atoms with van der Waals surface area (Å²) in [7, 11) is 2.12. The Labute approximate surface area is 508 Å². The molecular weight excluding hydrogens is 1080 g/mol. The van der Waals surface area contributed by atoms with Crippen molar-refractivity contribution in [3.8, 4) is 0 Å². The van der Waals surface area contributed by atoms with Gasteiger partial charge in [-0.05, 0) is 242 Å². The molecule has 0 unspecified atom stereocenters. The van der Waals surface area contributed by atoms with Crippen molar-refractivity contribution in [2.24, 2.45) is 7.05 Å². The molecule has 0 aliphatic carbocycles. The highest BCUT2D eigenvalue weighted by atomic mass is 32.1. The standard InChI is InChI=1S/C13H11N.C9H12.C8H12N2.2C7H10N2.C6H9N3.2C5H6O.2C5H6S/c1-14-12-8-4-2-6-10(12)11-7-3-5-9-13(11)14;1-7-5-4-6-8(2)9(7)3;1-5-6(2)9-8(4)10-7(5)3;1-5-6(2)8-4-9-7(5)3;1-5-4-8-7(3)9-6(5)2;1-4-7-5(2)9-6(3)8-4;1-5-2-3-6-4-5;1-5-3-2-4-6-5;1-5-2-3-6-4-5;1-5-3-2-4-6-5/h2-9H,1H3;4-6H,1-3H3;1-4H3;2*4H,1-3H3;1-3H3;4*2-4H,1H3. The Morgan fingerprint density at radius 3 is 1.23 bits per heavy atom. The van der Waals surface area contributed by atoms with Gasteiger partial charge in [0.1, 0.15) is 41.2 Å². The first-order chi connectivity index (χ1) is 39.9. The molecule has 9 aromatic heterocycles. The molecule has 0 radical (unpaired) electrons. The van der Waals surface area contributed by atoms with Crippen LogP contribution in [0.2, 0.25) is 0 Å². The van der Waals surface area contributed by atoms with E-state index in [2.05, 4.69) is 192 Å². The zero-order valence-electron chi connectivity index (χ0n) is 53.5. The molecule has 14 heteroatoms. The summed E-state index contributed by atoms with van der Waals surface area (Å²) in [5, 5.41) is 8.96. The van der Waals surface area contributed by atoms with Gasteiger partial charge in [-0.2, -0.15) is 11.3 Å². The van der Waals surface area contributed by atoms with Crippen molar-refractivity contribution in [2.75, 3.05) is 0 Å². The molecule has 0 saturated carbocycles. The summed E-state index contributed by atoms with van der Waals surface area (Å²) in [4.78, 5) is 38.1. The van der Waals surface area contributed by atoms with Crippen LogP contribution in [0.3, 0.4) is 0 Å². The lowest BCUT2D eigenvalue weighted by Crippen LogP contribution is -1.97. The quantitative estimate of drug-likeness (QED) is 0.143. The van der Waals surface area contributed by atoms with E-state index in [4.69, 9.17) is 8.83 Å². The molecule has 0 bridgehead atoms. The molecule has 0 aliphatic heterocycles. The number of benzene rings is 3. The Kier molecular flexibility index (Phi) is 30.8. The first-order valence-corrected chi connectivity index (χ1v) is 29.6. The molecular formula is C70H88N10O2S2. The summed E-state index contributed by atoms with van der Waals surface area (Å²) >= 11 is 3.52. The second-order valence-corrected chi connectivity index (χ2v) is 22.0. The van der Waals surface area contributed by atoms with Crippen LogP contribution in [0.5, 0.6) is 0 Å². The summed E-state index contributed by atoms with van der Waals surface area (Å²) in [5.41, 5.74) is 18.3. The number of aromatic nitrogens is 10. The predicted molar refractivity (Wildman–Crippen MR) is 354 cm³/mol. The van der Waals surface area contributed by atoms with E-state index in [0.717, 1.165) is 68.9 Å². The molecule has 3 aromatic carbocycles. The minimum atomic E-state index is 0.792. The fourth-order valence-electron chi connectivity index (χ4n) is 7.42. The monoisotopic (exact) mass is 1160 g/mol. The number of nitrogens with zero attached hydrogens (tertiary/aromatic N) is 10. The van der Waals surface area contributed by atoms with Gasteiger partial charge in [-0.1, -0.05) is 60.7 Å². The first-order valence-electron chi connectivity index (χ1n) is 27.8. The van der Waals surface area contributed by atoms with Crippen LogP contribution in [-0.4, -0.2) is 49.4 Å². The number of furan rings is 2. The molecule has 0 amide bonds. The van der Waals surface area contributed by atoms with E-state index < -0.39 is 0 Å². The topological polar surface area (TPSA) is 147 Å². The molecule has 9 heterocycles. The number of hydrogen-bond donors (Lipinski definition) is 0. The maximum absolute atomic E-state index is 4.83. The lowest BCUT2D eigenvalue weighted by Gasteiger charge is -2.02. The van der Waals surface area contributed by atoms with E-state index in [-0.39, 0.29) is 0 Å². The fraction of sp³-hybridized carbons (Fsp3) is 0.300. The van der Waals surface area contributed by atoms with Gasteiger partial charge in [0.2, 0.25) is 0 Å². The van der Waals surface area contributed by atoms with Crippen LogP contribution in [0, 0.1) is 138 Å². The minimum Gasteiger partial charge on any atom is -0.472 e. The summed E-state index contributed by atoms with van der Waals surface area (Å²) in [6.45, 7) is 40.0. The molecule has 0 N–H and O–H groups in total. The normalized spacial score (nSPS) is 9.73. The first kappa shape index (κ1) is 69.9. The number of rotatable bonds is 0. The highest BCUT2D eigenvalue weighted by molar-refractivity contribution is 7.09. The number of fused-ring (bicyclic) bond motifs is 3. The van der Waals surface area contributed by atoms with E-state index in [1.165, 1.54) is 65.6 Å². The van der Waals surface area contributed by atoms with Crippen molar-refractivity contribution in [1.82, 2.24) is 49.4 Å². The average molecular weight is 1170 g/mol. The Morgan fingerprint density at radius 2 is 0.905 bits per heavy atom. The Balaban J connectivity index is 0.000000248. The van der Waals surface area contributed by atoms with Gasteiger partial charge in [0.15, 0.2) is 0 Å². The minimum absolute atomic E-state index is 0.792. The van der Waals surface area contributed by atoms with Gasteiger partial charge >= 0.3 is 0 Å². The summed E-state index contributed by atoms with van der Waals surface area (Å²) < 4.78 is 11.8. The van der Waals surface area contributed by atoms with Gasteiger partial charge in [0.05, 0.1) is 18.8 Å². The molecule has 12 nitrogen and oxygen atoms in total. The third kappa shape index (κ3) is 25.9. The second-order valence-electron chi connectivity index (χ2n) is 20.1. The van der Waals surface area contributed by atoms with Crippen molar-refractivity contribution in [3.05, 3.63) is 263 Å². The van der Waals surface area contributed by atoms with Gasteiger partial charge < -0.3 is 13.4 Å². The van der Waals surface area contributed by atoms with Crippen molar-refractivity contribution >= 4 is 44.5 Å². The van der Waals surface area contributed by atoms with E-state index in [0.29, 0.717) is 0 Å². The van der Waals surface area contributed by atoms with Gasteiger partial charge in [0, 0.05) is 68.4 Å². The lowest BCUT2D eigenvalue weighted by atomic mass is 10.1. The molecule has 0 saturated heterocycles. The molecule has 0 fully saturated rings. The smallest absolute Gasteiger partial charge is 0.129 e. The van der Waals surface area contributed by atoms with Crippen LogP contribution < -0.4 is 0 Å². The fourth-order valence-corrected chi connectivity index (χ4v) is 8.61. The van der Waals surface area contributed by atoms with Crippen LogP contribution >= 0.6 is 22.7 Å². The number of para-hydroxylation sites is 2. The second kappa shape index (κ2) is 37.0. The summed E-state index contributed by atoms with van der Waals surface area (Å²) in [6, 6.07) is 35.4. The molecule has 12 aromatic rings. The molecule has 0 spiro atoms. The third-order valence-electron chi connectivity index (χ3n) is 13.0. The number of hydrogen-bond acceptors (Lipinski definition) is 13. The molecule has 12 rings (SSSR count). The molecule has 0 atom stereocenters. The molecule has 442 valence electrons. The lowest BCUT2D eigenvalue weighted by molar-refractivity contribution is 0.534. The number of aryl methyl sites for hydroxylation is 18. The van der Waals surface area contributed by atoms with E-state index in [1.54, 1.807) is 47.8 Å². The van der Waals surface area contributed by atoms with Crippen molar-refractivity contribution < 1.29 is 8.83 Å². The van der Waals surface area contributed by atoms with Crippen molar-refractivity contribution in [1.29, 1.82) is 0 Å². The maximum Gasteiger partial charge on any atom is 0.129 e. The maximum atomic E-state index is 4.83. The summed E-state index contributed by atoms with van der Waals surface area (Å²) in [6.07, 6.45) is 8.47.